The van der Waals surface area contributed by atoms with E-state index in [2.05, 4.69) is 15.4 Å². The highest BCUT2D eigenvalue weighted by molar-refractivity contribution is 5.98. The van der Waals surface area contributed by atoms with Gasteiger partial charge in [-0.15, -0.1) is 0 Å². The number of aromatic nitrogens is 4. The molecule has 4 rings (SSSR count). The second-order valence-electron chi connectivity index (χ2n) is 9.62. The van der Waals surface area contributed by atoms with Gasteiger partial charge in [-0.3, -0.25) is 9.48 Å². The maximum absolute atomic E-state index is 13.3. The van der Waals surface area contributed by atoms with Crippen LogP contribution in [0.4, 0.5) is 16.3 Å². The molecule has 3 aromatic heterocycles. The predicted molar refractivity (Wildman–Crippen MR) is 138 cm³/mol. The summed E-state index contributed by atoms with van der Waals surface area (Å²) in [6.07, 6.45) is 4.70. The van der Waals surface area contributed by atoms with Crippen LogP contribution < -0.4 is 10.1 Å². The number of hydrogen-bond donors (Lipinski definition) is 1. The van der Waals surface area contributed by atoms with E-state index in [1.807, 2.05) is 40.1 Å². The molecule has 3 heterocycles. The number of nitrogens with zero attached hydrogens (tertiary/aromatic N) is 5. The number of aryl methyl sites for hydroxylation is 1. The molecule has 0 radical (unpaired) electrons. The molecule has 0 spiro atoms. The van der Waals surface area contributed by atoms with Crippen molar-refractivity contribution >= 4 is 34.4 Å². The van der Waals surface area contributed by atoms with E-state index in [0.717, 1.165) is 10.9 Å². The van der Waals surface area contributed by atoms with Gasteiger partial charge < -0.3 is 19.7 Å². The lowest BCUT2D eigenvalue weighted by Crippen LogP contribution is -2.27. The number of nitrogens with one attached hydrogen (secondary N) is 1. The van der Waals surface area contributed by atoms with Crippen LogP contribution in [0.5, 0.6) is 5.75 Å². The SMILES string of the molecule is COc1ccc(C(=O)N(C)C)cc1Nc1cc2c(cn1)cc(-c1cnn(C)c1)n2C(=O)OC(C)(C)C. The van der Waals surface area contributed by atoms with Crippen molar-refractivity contribution in [2.45, 2.75) is 26.4 Å². The van der Waals surface area contributed by atoms with Gasteiger partial charge in [-0.25, -0.2) is 14.3 Å². The van der Waals surface area contributed by atoms with Gasteiger partial charge in [-0.1, -0.05) is 0 Å². The predicted octanol–water partition coefficient (Wildman–Crippen LogP) is 4.67. The molecule has 188 valence electrons. The highest BCUT2D eigenvalue weighted by Crippen LogP contribution is 2.33. The number of rotatable bonds is 5. The largest absolute Gasteiger partial charge is 0.495 e. The van der Waals surface area contributed by atoms with E-state index in [4.69, 9.17) is 9.47 Å². The monoisotopic (exact) mass is 490 g/mol. The standard InChI is InChI=1S/C26H30N6O4/c1-26(2,3)36-25(34)32-20(18-14-28-31(6)15-18)11-17-13-27-23(12-21(17)32)29-19-10-16(24(33)30(4)5)8-9-22(19)35-7/h8-15H,1-7H3,(H,27,29). The van der Waals surface area contributed by atoms with E-state index in [-0.39, 0.29) is 5.91 Å². The van der Waals surface area contributed by atoms with E-state index in [9.17, 15) is 9.59 Å². The molecule has 36 heavy (non-hydrogen) atoms. The van der Waals surface area contributed by atoms with Crippen LogP contribution in [0.1, 0.15) is 31.1 Å². The summed E-state index contributed by atoms with van der Waals surface area (Å²) in [6, 6.07) is 8.78. The Labute approximate surface area is 209 Å². The number of pyridine rings is 1. The highest BCUT2D eigenvalue weighted by atomic mass is 16.6. The van der Waals surface area contributed by atoms with Gasteiger partial charge in [0.2, 0.25) is 0 Å². The second kappa shape index (κ2) is 9.37. The molecule has 1 amide bonds. The molecule has 0 unspecified atom stereocenters. The van der Waals surface area contributed by atoms with Crippen LogP contribution in [0.2, 0.25) is 0 Å². The molecule has 4 aromatic rings. The number of ether oxygens (including phenoxy) is 2. The maximum atomic E-state index is 13.3. The number of anilines is 2. The minimum atomic E-state index is -0.680. The van der Waals surface area contributed by atoms with E-state index in [1.165, 1.54) is 9.47 Å². The summed E-state index contributed by atoms with van der Waals surface area (Å²) in [5, 5.41) is 8.23. The zero-order valence-electron chi connectivity index (χ0n) is 21.5. The Hall–Kier alpha value is -4.34. The molecule has 10 heteroatoms. The van der Waals surface area contributed by atoms with Crippen molar-refractivity contribution in [2.75, 3.05) is 26.5 Å². The van der Waals surface area contributed by atoms with Crippen LogP contribution in [0.25, 0.3) is 22.2 Å². The molecule has 0 fully saturated rings. The number of fused-ring (bicyclic) bond motifs is 1. The highest BCUT2D eigenvalue weighted by Gasteiger charge is 2.24. The van der Waals surface area contributed by atoms with Crippen molar-refractivity contribution in [2.24, 2.45) is 7.05 Å². The van der Waals surface area contributed by atoms with Crippen molar-refractivity contribution in [3.8, 4) is 17.0 Å². The fourth-order valence-corrected chi connectivity index (χ4v) is 3.78. The quantitative estimate of drug-likeness (QED) is 0.433. The second-order valence-corrected chi connectivity index (χ2v) is 9.62. The molecular formula is C26H30N6O4. The molecule has 0 atom stereocenters. The number of amides is 1. The minimum Gasteiger partial charge on any atom is -0.495 e. The summed E-state index contributed by atoms with van der Waals surface area (Å²) in [5.41, 5.74) is 2.41. The van der Waals surface area contributed by atoms with Gasteiger partial charge in [0.1, 0.15) is 17.2 Å². The third-order valence-corrected chi connectivity index (χ3v) is 5.38. The first-order valence-corrected chi connectivity index (χ1v) is 11.4. The van der Waals surface area contributed by atoms with Crippen molar-refractivity contribution in [3.05, 3.63) is 54.5 Å². The van der Waals surface area contributed by atoms with Gasteiger partial charge in [-0.05, 0) is 45.0 Å². The van der Waals surface area contributed by atoms with Gasteiger partial charge in [0.25, 0.3) is 5.91 Å². The summed E-state index contributed by atoms with van der Waals surface area (Å²) in [4.78, 5) is 31.8. The number of methoxy groups -OCH3 is 1. The minimum absolute atomic E-state index is 0.135. The number of benzene rings is 1. The van der Waals surface area contributed by atoms with E-state index >= 15 is 0 Å². The van der Waals surface area contributed by atoms with Gasteiger partial charge in [0, 0.05) is 56.1 Å². The maximum Gasteiger partial charge on any atom is 0.419 e. The topological polar surface area (TPSA) is 104 Å². The first-order chi connectivity index (χ1) is 17.0. The number of hydrogen-bond acceptors (Lipinski definition) is 7. The third kappa shape index (κ3) is 5.02. The Morgan fingerprint density at radius 2 is 1.83 bits per heavy atom. The lowest BCUT2D eigenvalue weighted by Gasteiger charge is -2.21. The normalized spacial score (nSPS) is 11.4. The third-order valence-electron chi connectivity index (χ3n) is 5.38. The van der Waals surface area contributed by atoms with Crippen LogP contribution in [0.15, 0.2) is 48.9 Å². The number of carbonyl (C=O) groups is 2. The summed E-state index contributed by atoms with van der Waals surface area (Å²) in [6.45, 7) is 5.47. The Balaban J connectivity index is 1.81. The Kier molecular flexibility index (Phi) is 6.45. The first kappa shape index (κ1) is 24.8. The molecule has 1 N–H and O–H groups in total. The summed E-state index contributed by atoms with van der Waals surface area (Å²) < 4.78 is 14.4. The Bertz CT molecular complexity index is 1440. The van der Waals surface area contributed by atoms with Gasteiger partial charge in [0.05, 0.1) is 30.2 Å². The zero-order valence-corrected chi connectivity index (χ0v) is 21.5. The average Bonchev–Trinajstić information content (AvgIpc) is 3.40. The van der Waals surface area contributed by atoms with Crippen LogP contribution >= 0.6 is 0 Å². The van der Waals surface area contributed by atoms with Crippen LogP contribution in [-0.4, -0.2) is 63.0 Å². The molecule has 10 nitrogen and oxygen atoms in total. The molecule has 0 saturated carbocycles. The van der Waals surface area contributed by atoms with Gasteiger partial charge >= 0.3 is 6.09 Å². The Morgan fingerprint density at radius 1 is 1.08 bits per heavy atom. The molecule has 0 aliphatic heterocycles. The van der Waals surface area contributed by atoms with Crippen molar-refractivity contribution in [1.82, 2.24) is 24.2 Å². The van der Waals surface area contributed by atoms with Crippen LogP contribution in [0.3, 0.4) is 0 Å². The molecule has 0 aliphatic carbocycles. The first-order valence-electron chi connectivity index (χ1n) is 11.4. The lowest BCUT2D eigenvalue weighted by atomic mass is 10.1. The van der Waals surface area contributed by atoms with Crippen molar-refractivity contribution < 1.29 is 19.1 Å². The molecule has 0 saturated heterocycles. The molecule has 0 bridgehead atoms. The smallest absolute Gasteiger partial charge is 0.419 e. The summed E-state index contributed by atoms with van der Waals surface area (Å²) in [7, 11) is 6.76. The van der Waals surface area contributed by atoms with Crippen molar-refractivity contribution in [1.29, 1.82) is 0 Å². The van der Waals surface area contributed by atoms with E-state index < -0.39 is 11.7 Å². The van der Waals surface area contributed by atoms with Gasteiger partial charge in [0.15, 0.2) is 0 Å². The van der Waals surface area contributed by atoms with Crippen LogP contribution in [0, 0.1) is 0 Å². The van der Waals surface area contributed by atoms with Gasteiger partial charge in [-0.2, -0.15) is 5.10 Å². The summed E-state index contributed by atoms with van der Waals surface area (Å²) in [5.74, 6) is 0.880. The average molecular weight is 491 g/mol. The fraction of sp³-hybridized carbons (Fsp3) is 0.308. The number of carbonyl (C=O) groups excluding carboxylic acids is 2. The van der Waals surface area contributed by atoms with E-state index in [1.54, 1.807) is 62.5 Å². The molecular weight excluding hydrogens is 460 g/mol. The van der Waals surface area contributed by atoms with Crippen LogP contribution in [-0.2, 0) is 11.8 Å². The van der Waals surface area contributed by atoms with E-state index in [0.29, 0.717) is 34.0 Å². The fourth-order valence-electron chi connectivity index (χ4n) is 3.78. The summed E-state index contributed by atoms with van der Waals surface area (Å²) >= 11 is 0. The molecule has 1 aromatic carbocycles. The Morgan fingerprint density at radius 3 is 2.44 bits per heavy atom. The molecule has 0 aliphatic rings. The lowest BCUT2D eigenvalue weighted by molar-refractivity contribution is 0.0547. The van der Waals surface area contributed by atoms with Crippen molar-refractivity contribution in [3.63, 3.8) is 0 Å². The zero-order chi connectivity index (χ0) is 26.2.